The fourth-order valence-electron chi connectivity index (χ4n) is 3.41. The van der Waals surface area contributed by atoms with E-state index in [-0.39, 0.29) is 0 Å². The molecule has 4 rings (SSSR count). The van der Waals surface area contributed by atoms with Gasteiger partial charge >= 0.3 is 0 Å². The number of rotatable bonds is 6. The van der Waals surface area contributed by atoms with Gasteiger partial charge < -0.3 is 9.47 Å². The second kappa shape index (κ2) is 7.72. The van der Waals surface area contributed by atoms with Gasteiger partial charge in [-0.15, -0.1) is 0 Å². The highest BCUT2D eigenvalue weighted by molar-refractivity contribution is 6.54. The summed E-state index contributed by atoms with van der Waals surface area (Å²) in [5, 5.41) is 0. The highest BCUT2D eigenvalue weighted by Gasteiger charge is 2.41. The van der Waals surface area contributed by atoms with Crippen molar-refractivity contribution in [1.29, 1.82) is 0 Å². The van der Waals surface area contributed by atoms with Crippen molar-refractivity contribution >= 4 is 17.7 Å². The molecule has 5 nitrogen and oxygen atoms in total. The van der Waals surface area contributed by atoms with Crippen LogP contribution in [0.1, 0.15) is 16.7 Å². The molecule has 0 saturated carbocycles. The third kappa shape index (κ3) is 3.31. The molecule has 0 radical (unpaired) electrons. The van der Waals surface area contributed by atoms with Gasteiger partial charge in [0.2, 0.25) is 5.66 Å². The van der Waals surface area contributed by atoms with E-state index in [1.807, 2.05) is 60.7 Å². The van der Waals surface area contributed by atoms with E-state index in [9.17, 15) is 4.79 Å². The predicted octanol–water partition coefficient (Wildman–Crippen LogP) is 4.05. The number of aldehydes is 1. The average molecular weight is 384 g/mol. The molecule has 0 spiro atoms. The maximum Gasteiger partial charge on any atom is 0.236 e. The van der Waals surface area contributed by atoms with E-state index >= 15 is 0 Å². The zero-order chi connectivity index (χ0) is 20.3. The summed E-state index contributed by atoms with van der Waals surface area (Å²) in [6.07, 6.45) is 0.760. The van der Waals surface area contributed by atoms with Gasteiger partial charge in [-0.25, -0.2) is 9.98 Å². The van der Waals surface area contributed by atoms with Gasteiger partial charge in [-0.1, -0.05) is 60.7 Å². The molecule has 5 heteroatoms. The van der Waals surface area contributed by atoms with Crippen LogP contribution in [0, 0.1) is 0 Å². The Morgan fingerprint density at radius 1 is 0.759 bits per heavy atom. The molecule has 0 atom stereocenters. The molecule has 144 valence electrons. The van der Waals surface area contributed by atoms with Crippen LogP contribution in [-0.4, -0.2) is 31.9 Å². The van der Waals surface area contributed by atoms with Crippen LogP contribution in [0.15, 0.2) is 88.8 Å². The summed E-state index contributed by atoms with van der Waals surface area (Å²) >= 11 is 0. The third-order valence-corrected chi connectivity index (χ3v) is 4.85. The molecule has 3 aromatic rings. The van der Waals surface area contributed by atoms with Crippen molar-refractivity contribution in [1.82, 2.24) is 0 Å². The molecule has 0 amide bonds. The van der Waals surface area contributed by atoms with Crippen molar-refractivity contribution in [3.63, 3.8) is 0 Å². The summed E-state index contributed by atoms with van der Waals surface area (Å²) in [4.78, 5) is 22.1. The van der Waals surface area contributed by atoms with E-state index in [2.05, 4.69) is 0 Å². The Balaban J connectivity index is 1.95. The summed E-state index contributed by atoms with van der Waals surface area (Å²) in [7, 11) is 3.13. The maximum atomic E-state index is 12.4. The molecule has 0 aliphatic carbocycles. The molecule has 1 heterocycles. The summed E-state index contributed by atoms with van der Waals surface area (Å²) in [5.74, 6) is 1.12. The van der Waals surface area contributed by atoms with Gasteiger partial charge in [0.15, 0.2) is 6.29 Å². The van der Waals surface area contributed by atoms with Crippen LogP contribution in [0.3, 0.4) is 0 Å². The smallest absolute Gasteiger partial charge is 0.236 e. The van der Waals surface area contributed by atoms with Gasteiger partial charge in [-0.3, -0.25) is 4.79 Å². The second-order valence-corrected chi connectivity index (χ2v) is 6.56. The number of carbonyl (C=O) groups is 1. The number of ether oxygens (including phenoxy) is 2. The first kappa shape index (κ1) is 18.6. The Labute approximate surface area is 169 Å². The Morgan fingerprint density at radius 2 is 1.31 bits per heavy atom. The molecule has 29 heavy (non-hydrogen) atoms. The van der Waals surface area contributed by atoms with Gasteiger partial charge in [0.05, 0.1) is 31.2 Å². The predicted molar refractivity (Wildman–Crippen MR) is 113 cm³/mol. The SMILES string of the molecule is COc1ccc(C2(C=O)N=C(c3ccccc3)C(c3ccccc3)=N2)c(OC)c1. The van der Waals surface area contributed by atoms with Gasteiger partial charge in [0.25, 0.3) is 0 Å². The van der Waals surface area contributed by atoms with Crippen molar-refractivity contribution in [3.05, 3.63) is 95.6 Å². The first-order valence-corrected chi connectivity index (χ1v) is 9.20. The fourth-order valence-corrected chi connectivity index (χ4v) is 3.41. The van der Waals surface area contributed by atoms with Crippen LogP contribution in [-0.2, 0) is 10.5 Å². The summed E-state index contributed by atoms with van der Waals surface area (Å²) < 4.78 is 10.8. The summed E-state index contributed by atoms with van der Waals surface area (Å²) in [6, 6.07) is 24.8. The highest BCUT2D eigenvalue weighted by Crippen LogP contribution is 2.39. The minimum atomic E-state index is -1.42. The molecule has 0 aromatic heterocycles. The Hall–Kier alpha value is -3.73. The largest absolute Gasteiger partial charge is 0.497 e. The molecule has 1 aliphatic rings. The number of nitrogens with zero attached hydrogens (tertiary/aromatic N) is 2. The monoisotopic (exact) mass is 384 g/mol. The molecule has 0 N–H and O–H groups in total. The van der Waals surface area contributed by atoms with E-state index in [4.69, 9.17) is 19.5 Å². The molecular formula is C24H20N2O3. The van der Waals surface area contributed by atoms with Crippen molar-refractivity contribution in [2.75, 3.05) is 14.2 Å². The van der Waals surface area contributed by atoms with Crippen LogP contribution in [0.4, 0.5) is 0 Å². The van der Waals surface area contributed by atoms with Crippen LogP contribution in [0.2, 0.25) is 0 Å². The lowest BCUT2D eigenvalue weighted by Crippen LogP contribution is -2.22. The van der Waals surface area contributed by atoms with Crippen LogP contribution >= 0.6 is 0 Å². The number of aliphatic imine (C=N–C) groups is 2. The quantitative estimate of drug-likeness (QED) is 0.603. The average Bonchev–Trinajstić information content (AvgIpc) is 3.21. The Kier molecular flexibility index (Phi) is 4.96. The van der Waals surface area contributed by atoms with Crippen molar-refractivity contribution < 1.29 is 14.3 Å². The number of benzene rings is 3. The molecule has 0 fully saturated rings. The van der Waals surface area contributed by atoms with Gasteiger partial charge in [0, 0.05) is 17.2 Å². The lowest BCUT2D eigenvalue weighted by atomic mass is 10.0. The molecule has 0 bridgehead atoms. The van der Waals surface area contributed by atoms with Gasteiger partial charge in [-0.05, 0) is 12.1 Å². The van der Waals surface area contributed by atoms with Crippen molar-refractivity contribution in [3.8, 4) is 11.5 Å². The Morgan fingerprint density at radius 3 is 1.76 bits per heavy atom. The van der Waals surface area contributed by atoms with E-state index < -0.39 is 5.66 Å². The van der Waals surface area contributed by atoms with E-state index in [1.165, 1.54) is 0 Å². The first-order chi connectivity index (χ1) is 14.2. The van der Waals surface area contributed by atoms with Gasteiger partial charge in [0.1, 0.15) is 11.5 Å². The van der Waals surface area contributed by atoms with E-state index in [0.717, 1.165) is 17.4 Å². The minimum Gasteiger partial charge on any atom is -0.497 e. The first-order valence-electron chi connectivity index (χ1n) is 9.20. The molecular weight excluding hydrogens is 364 g/mol. The minimum absolute atomic E-state index is 0.491. The summed E-state index contributed by atoms with van der Waals surface area (Å²) in [6.45, 7) is 0. The van der Waals surface area contributed by atoms with Crippen molar-refractivity contribution in [2.45, 2.75) is 5.66 Å². The van der Waals surface area contributed by atoms with E-state index in [0.29, 0.717) is 28.5 Å². The standard InChI is InChI=1S/C24H20N2O3/c1-28-19-13-14-20(21(15-19)29-2)24(16-27)25-22(17-9-5-3-6-10-17)23(26-24)18-11-7-4-8-12-18/h3-16H,1-2H3. The van der Waals surface area contributed by atoms with Crippen molar-refractivity contribution in [2.24, 2.45) is 9.98 Å². The highest BCUT2D eigenvalue weighted by atomic mass is 16.5. The zero-order valence-corrected chi connectivity index (χ0v) is 16.2. The van der Waals surface area contributed by atoms with Gasteiger partial charge in [-0.2, -0.15) is 0 Å². The number of carbonyl (C=O) groups excluding carboxylic acids is 1. The molecule has 0 saturated heterocycles. The van der Waals surface area contributed by atoms with Crippen LogP contribution in [0.5, 0.6) is 11.5 Å². The van der Waals surface area contributed by atoms with E-state index in [1.54, 1.807) is 32.4 Å². The molecule has 0 unspecified atom stereocenters. The summed E-state index contributed by atoms with van der Waals surface area (Å²) in [5.41, 5.74) is 2.27. The topological polar surface area (TPSA) is 60.2 Å². The third-order valence-electron chi connectivity index (χ3n) is 4.85. The normalized spacial score (nSPS) is 14.7. The maximum absolute atomic E-state index is 12.4. The Bertz CT molecular complexity index is 1030. The fraction of sp³-hybridized carbons (Fsp3) is 0.125. The number of hydrogen-bond acceptors (Lipinski definition) is 5. The number of hydrogen-bond donors (Lipinski definition) is 0. The lowest BCUT2D eigenvalue weighted by Gasteiger charge is -2.20. The number of methoxy groups -OCH3 is 2. The van der Waals surface area contributed by atoms with Crippen LogP contribution < -0.4 is 9.47 Å². The molecule has 3 aromatic carbocycles. The lowest BCUT2D eigenvalue weighted by molar-refractivity contribution is -0.112. The van der Waals surface area contributed by atoms with Crippen LogP contribution in [0.25, 0.3) is 0 Å². The second-order valence-electron chi connectivity index (χ2n) is 6.56. The molecule has 1 aliphatic heterocycles. The zero-order valence-electron chi connectivity index (χ0n) is 16.2.